The molecule has 1 N–H and O–H groups in total. The molecule has 29 heavy (non-hydrogen) atoms. The van der Waals surface area contributed by atoms with E-state index in [1.807, 2.05) is 73.7 Å². The number of H-pyrrole nitrogens is 1. The van der Waals surface area contributed by atoms with E-state index < -0.39 is 0 Å². The average molecular weight is 401 g/mol. The number of hydrogen-bond donors (Lipinski definition) is 1. The fraction of sp³-hybridized carbons (Fsp3) is 0.0870. The van der Waals surface area contributed by atoms with Crippen LogP contribution in [-0.2, 0) is 0 Å². The molecule has 1 aliphatic heterocycles. The Morgan fingerprint density at radius 2 is 1.76 bits per heavy atom. The fourth-order valence-corrected chi connectivity index (χ4v) is 3.89. The van der Waals surface area contributed by atoms with E-state index in [9.17, 15) is 4.79 Å². The number of benzene rings is 2. The minimum atomic E-state index is -0.370. The molecular weight excluding hydrogens is 384 g/mol. The Kier molecular flexibility index (Phi) is 4.18. The maximum absolute atomic E-state index is 13.4. The summed E-state index contributed by atoms with van der Waals surface area (Å²) in [5.74, 6) is -0.118. The molecule has 1 aliphatic rings. The van der Waals surface area contributed by atoms with Gasteiger partial charge in [0.25, 0.3) is 5.91 Å². The van der Waals surface area contributed by atoms with Gasteiger partial charge in [-0.1, -0.05) is 47.5 Å². The highest BCUT2D eigenvalue weighted by molar-refractivity contribution is 6.30. The van der Waals surface area contributed by atoms with E-state index in [-0.39, 0.29) is 11.9 Å². The molecular formula is C23H17ClN4O. The summed E-state index contributed by atoms with van der Waals surface area (Å²) in [7, 11) is 0. The minimum Gasteiger partial charge on any atom is -0.294 e. The second-order valence-electron chi connectivity index (χ2n) is 7.04. The van der Waals surface area contributed by atoms with E-state index in [2.05, 4.69) is 15.2 Å². The summed E-state index contributed by atoms with van der Waals surface area (Å²) in [4.78, 5) is 19.7. The second-order valence-corrected chi connectivity index (χ2v) is 7.47. The maximum atomic E-state index is 13.4. The summed E-state index contributed by atoms with van der Waals surface area (Å²) in [6.07, 6.45) is 1.74. The van der Waals surface area contributed by atoms with E-state index in [1.54, 1.807) is 11.1 Å². The number of nitrogens with one attached hydrogen (secondary N) is 1. The highest BCUT2D eigenvalue weighted by atomic mass is 35.5. The number of pyridine rings is 1. The van der Waals surface area contributed by atoms with Crippen LogP contribution in [0.15, 0.2) is 72.9 Å². The Balaban J connectivity index is 1.71. The molecule has 5 rings (SSSR count). The van der Waals surface area contributed by atoms with Gasteiger partial charge in [-0.3, -0.25) is 19.8 Å². The number of nitrogens with zero attached hydrogens (tertiary/aromatic N) is 3. The predicted octanol–water partition coefficient (Wildman–Crippen LogP) is 5.18. The van der Waals surface area contributed by atoms with Crippen LogP contribution in [0.5, 0.6) is 0 Å². The van der Waals surface area contributed by atoms with Crippen molar-refractivity contribution >= 4 is 23.2 Å². The van der Waals surface area contributed by atoms with Crippen LogP contribution in [-0.4, -0.2) is 21.1 Å². The molecule has 0 spiro atoms. The van der Waals surface area contributed by atoms with Gasteiger partial charge in [0.15, 0.2) is 0 Å². The lowest BCUT2D eigenvalue weighted by Crippen LogP contribution is -2.29. The van der Waals surface area contributed by atoms with E-state index in [0.29, 0.717) is 10.7 Å². The largest absolute Gasteiger partial charge is 0.294 e. The first-order chi connectivity index (χ1) is 14.1. The number of rotatable bonds is 3. The number of aromatic amines is 1. The molecule has 0 unspecified atom stereocenters. The lowest BCUT2D eigenvalue weighted by Gasteiger charge is -2.25. The third kappa shape index (κ3) is 2.91. The number of carbonyl (C=O) groups is 1. The van der Waals surface area contributed by atoms with Gasteiger partial charge in [0, 0.05) is 28.0 Å². The number of aromatic nitrogens is 3. The zero-order chi connectivity index (χ0) is 20.0. The normalized spacial score (nSPS) is 15.6. The highest BCUT2D eigenvalue weighted by Gasteiger charge is 2.43. The van der Waals surface area contributed by atoms with Crippen LogP contribution in [0.2, 0.25) is 5.02 Å². The van der Waals surface area contributed by atoms with Crippen LogP contribution in [0.3, 0.4) is 0 Å². The minimum absolute atomic E-state index is 0.118. The molecule has 142 valence electrons. The Labute approximate surface area is 173 Å². The van der Waals surface area contributed by atoms with Crippen molar-refractivity contribution in [3.05, 3.63) is 100 Å². The van der Waals surface area contributed by atoms with Crippen molar-refractivity contribution in [1.29, 1.82) is 0 Å². The first-order valence-electron chi connectivity index (χ1n) is 9.29. The molecule has 4 aromatic rings. The Hall–Kier alpha value is -3.44. The van der Waals surface area contributed by atoms with Gasteiger partial charge in [-0.25, -0.2) is 0 Å². The van der Waals surface area contributed by atoms with E-state index in [0.717, 1.165) is 33.8 Å². The number of amides is 1. The Morgan fingerprint density at radius 1 is 1.00 bits per heavy atom. The quantitative estimate of drug-likeness (QED) is 0.515. The summed E-state index contributed by atoms with van der Waals surface area (Å²) >= 11 is 6.05. The molecule has 2 aromatic heterocycles. The predicted molar refractivity (Wildman–Crippen MR) is 113 cm³/mol. The molecule has 1 amide bonds. The standard InChI is InChI=1S/C23H17ClN4O/c1-14-5-11-17(12-6-14)28-22(18-4-2-3-13-25-18)19-20(26-27-21(19)23(28)29)15-7-9-16(24)10-8-15/h2-13,22H,1H3,(H,26,27)/t22-/m1/s1. The van der Waals surface area contributed by atoms with Gasteiger partial charge in [0.05, 0.1) is 11.4 Å². The van der Waals surface area contributed by atoms with Gasteiger partial charge in [0.2, 0.25) is 0 Å². The molecule has 3 heterocycles. The number of halogens is 1. The number of fused-ring (bicyclic) bond motifs is 1. The molecule has 0 fully saturated rings. The Morgan fingerprint density at radius 3 is 2.45 bits per heavy atom. The topological polar surface area (TPSA) is 61.9 Å². The van der Waals surface area contributed by atoms with Crippen molar-refractivity contribution in [2.24, 2.45) is 0 Å². The number of anilines is 1. The number of carbonyl (C=O) groups excluding carboxylic acids is 1. The molecule has 0 saturated heterocycles. The van der Waals surface area contributed by atoms with Crippen LogP contribution in [0, 0.1) is 6.92 Å². The van der Waals surface area contributed by atoms with Crippen LogP contribution in [0.1, 0.15) is 33.4 Å². The van der Waals surface area contributed by atoms with Gasteiger partial charge in [-0.2, -0.15) is 5.10 Å². The van der Waals surface area contributed by atoms with Gasteiger partial charge >= 0.3 is 0 Å². The van der Waals surface area contributed by atoms with Gasteiger partial charge in [-0.15, -0.1) is 0 Å². The van der Waals surface area contributed by atoms with Crippen LogP contribution >= 0.6 is 11.6 Å². The van der Waals surface area contributed by atoms with E-state index in [1.165, 1.54) is 0 Å². The van der Waals surface area contributed by atoms with Crippen LogP contribution in [0.25, 0.3) is 11.3 Å². The van der Waals surface area contributed by atoms with Crippen LogP contribution in [0.4, 0.5) is 5.69 Å². The SMILES string of the molecule is Cc1ccc(N2C(=O)c3[nH]nc(-c4ccc(Cl)cc4)c3[C@H]2c2ccccn2)cc1. The molecule has 0 aliphatic carbocycles. The van der Waals surface area contributed by atoms with E-state index >= 15 is 0 Å². The van der Waals surface area contributed by atoms with Gasteiger partial charge < -0.3 is 0 Å². The smallest absolute Gasteiger partial charge is 0.277 e. The molecule has 0 bridgehead atoms. The van der Waals surface area contributed by atoms with Crippen molar-refractivity contribution in [3.8, 4) is 11.3 Å². The van der Waals surface area contributed by atoms with Crippen molar-refractivity contribution < 1.29 is 4.79 Å². The average Bonchev–Trinajstić information content (AvgIpc) is 3.29. The summed E-state index contributed by atoms with van der Waals surface area (Å²) in [5, 5.41) is 8.07. The number of hydrogen-bond acceptors (Lipinski definition) is 3. The maximum Gasteiger partial charge on any atom is 0.277 e. The lowest BCUT2D eigenvalue weighted by atomic mass is 9.99. The van der Waals surface area contributed by atoms with Crippen molar-refractivity contribution in [3.63, 3.8) is 0 Å². The molecule has 2 aromatic carbocycles. The molecule has 5 nitrogen and oxygen atoms in total. The number of aryl methyl sites for hydroxylation is 1. The highest BCUT2D eigenvalue weighted by Crippen LogP contribution is 2.44. The second kappa shape index (κ2) is 6.87. The Bertz CT molecular complexity index is 1180. The first-order valence-corrected chi connectivity index (χ1v) is 9.66. The first kappa shape index (κ1) is 17.6. The summed E-state index contributed by atoms with van der Waals surface area (Å²) in [6, 6.07) is 20.8. The summed E-state index contributed by atoms with van der Waals surface area (Å²) < 4.78 is 0. The van der Waals surface area contributed by atoms with Crippen molar-refractivity contribution in [2.75, 3.05) is 4.90 Å². The van der Waals surface area contributed by atoms with Gasteiger partial charge in [0.1, 0.15) is 11.7 Å². The fourth-order valence-electron chi connectivity index (χ4n) is 3.76. The summed E-state index contributed by atoms with van der Waals surface area (Å²) in [5.41, 5.74) is 5.70. The molecule has 0 radical (unpaired) electrons. The molecule has 0 saturated carbocycles. The third-order valence-corrected chi connectivity index (χ3v) is 5.42. The summed E-state index contributed by atoms with van der Waals surface area (Å²) in [6.45, 7) is 2.02. The lowest BCUT2D eigenvalue weighted by molar-refractivity contribution is 0.0988. The zero-order valence-electron chi connectivity index (χ0n) is 15.6. The zero-order valence-corrected chi connectivity index (χ0v) is 16.4. The monoisotopic (exact) mass is 400 g/mol. The molecule has 6 heteroatoms. The van der Waals surface area contributed by atoms with Crippen molar-refractivity contribution in [1.82, 2.24) is 15.2 Å². The van der Waals surface area contributed by atoms with Crippen LogP contribution < -0.4 is 4.90 Å². The van der Waals surface area contributed by atoms with E-state index in [4.69, 9.17) is 11.6 Å². The van der Waals surface area contributed by atoms with Crippen molar-refractivity contribution in [2.45, 2.75) is 13.0 Å². The van der Waals surface area contributed by atoms with Gasteiger partial charge in [-0.05, 0) is 43.3 Å². The molecule has 1 atom stereocenters. The third-order valence-electron chi connectivity index (χ3n) is 5.17.